The van der Waals surface area contributed by atoms with Crippen molar-refractivity contribution in [3.8, 4) is 0 Å². The number of aromatic nitrogens is 3. The molecule has 0 saturated carbocycles. The molecule has 0 fully saturated rings. The van der Waals surface area contributed by atoms with E-state index in [1.54, 1.807) is 0 Å². The fraction of sp³-hybridized carbons (Fsp3) is 0. The van der Waals surface area contributed by atoms with Crippen molar-refractivity contribution in [1.29, 1.82) is 0 Å². The predicted molar refractivity (Wildman–Crippen MR) is 41.1 cm³/mol. The molecule has 0 saturated heterocycles. The van der Waals surface area contributed by atoms with Crippen LogP contribution in [0.25, 0.3) is 11.0 Å². The van der Waals surface area contributed by atoms with Gasteiger partial charge in [-0.25, -0.2) is 9.97 Å². The summed E-state index contributed by atoms with van der Waals surface area (Å²) in [6.07, 6.45) is 4.21. The van der Waals surface area contributed by atoms with Gasteiger partial charge in [0.25, 0.3) is 0 Å². The van der Waals surface area contributed by atoms with E-state index in [4.69, 9.17) is 0 Å². The molecular weight excluding hydrogens is 201 g/mol. The van der Waals surface area contributed by atoms with Gasteiger partial charge in [-0.2, -0.15) is 0 Å². The van der Waals surface area contributed by atoms with Crippen molar-refractivity contribution >= 4 is 22.1 Å². The van der Waals surface area contributed by atoms with E-state index in [0.29, 0.717) is 11.0 Å². The van der Waals surface area contributed by atoms with E-state index in [0.717, 1.165) is 0 Å². The van der Waals surface area contributed by atoms with Crippen LogP contribution in [-0.2, 0) is 11.1 Å². The Labute approximate surface area is 98.6 Å². The molecule has 0 bridgehead atoms. The van der Waals surface area contributed by atoms with Crippen molar-refractivity contribution in [3.63, 3.8) is 0 Å². The average molecular weight is 205 g/mol. The topological polar surface area (TPSA) is 81.7 Å². The minimum atomic E-state index is -2.23. The zero-order valence-electron chi connectivity index (χ0n) is 6.85. The Bertz CT molecular complexity index is 444. The summed E-state index contributed by atoms with van der Waals surface area (Å²) in [6.45, 7) is 0. The molecule has 0 aromatic carbocycles. The number of aromatic amines is 1. The smallest absolute Gasteiger partial charge is 0.768 e. The molecule has 1 unspecified atom stereocenters. The second kappa shape index (κ2) is 4.30. The second-order valence-corrected chi connectivity index (χ2v) is 3.08. The molecule has 7 heteroatoms. The van der Waals surface area contributed by atoms with Crippen molar-refractivity contribution in [2.75, 3.05) is 0 Å². The van der Waals surface area contributed by atoms with Gasteiger partial charge in [0, 0.05) is 12.4 Å². The van der Waals surface area contributed by atoms with E-state index in [-0.39, 0.29) is 34.5 Å². The number of fused-ring (bicyclic) bond motifs is 1. The quantitative estimate of drug-likeness (QED) is 0.403. The molecule has 1 atom stereocenters. The maximum absolute atomic E-state index is 10.6. The first-order valence-corrected chi connectivity index (χ1v) is 4.23. The van der Waals surface area contributed by atoms with Crippen LogP contribution in [0.2, 0.25) is 0 Å². The van der Waals surface area contributed by atoms with Gasteiger partial charge in [-0.15, -0.1) is 0 Å². The summed E-state index contributed by atoms with van der Waals surface area (Å²) in [5.74, 6) is 0. The summed E-state index contributed by atoms with van der Waals surface area (Å²) in [7, 11) is 0. The van der Waals surface area contributed by atoms with E-state index in [9.17, 15) is 8.76 Å². The number of nitrogens with one attached hydrogen (secondary N) is 1. The van der Waals surface area contributed by atoms with Gasteiger partial charge in [0.05, 0.1) is 10.3 Å². The summed E-state index contributed by atoms with van der Waals surface area (Å²) in [5.41, 5.74) is 0.532. The molecule has 0 aliphatic heterocycles. The standard InChI is InChI=1S/C6H5N3O2S.Na/c10-12(11)5-2-8-6-4(5)1-7-3-9-6;/h1-3H,(H,10,11)(H,7,8,9);/q;+1/p-1. The van der Waals surface area contributed by atoms with Crippen LogP contribution in [0.15, 0.2) is 23.6 Å². The van der Waals surface area contributed by atoms with Gasteiger partial charge in [-0.05, 0) is 11.1 Å². The molecule has 0 amide bonds. The van der Waals surface area contributed by atoms with Crippen LogP contribution in [0.4, 0.5) is 0 Å². The van der Waals surface area contributed by atoms with Gasteiger partial charge in [0.1, 0.15) is 12.0 Å². The molecule has 62 valence electrons. The largest absolute Gasteiger partial charge is 1.00 e. The summed E-state index contributed by atoms with van der Waals surface area (Å²) in [5, 5.41) is 0.519. The van der Waals surface area contributed by atoms with Crippen LogP contribution in [0, 0.1) is 0 Å². The third-order valence-electron chi connectivity index (χ3n) is 1.50. The fourth-order valence-electron chi connectivity index (χ4n) is 0.975. The molecule has 0 radical (unpaired) electrons. The molecule has 5 nitrogen and oxygen atoms in total. The van der Waals surface area contributed by atoms with Crippen LogP contribution in [0.3, 0.4) is 0 Å². The summed E-state index contributed by atoms with van der Waals surface area (Å²) >= 11 is -2.23. The molecule has 0 aliphatic carbocycles. The normalized spacial score (nSPS) is 12.4. The summed E-state index contributed by atoms with van der Waals surface area (Å²) < 4.78 is 21.2. The molecule has 2 aromatic heterocycles. The van der Waals surface area contributed by atoms with Crippen molar-refractivity contribution < 1.29 is 38.3 Å². The Morgan fingerprint density at radius 1 is 1.54 bits per heavy atom. The zero-order valence-corrected chi connectivity index (χ0v) is 9.67. The first-order valence-electron chi connectivity index (χ1n) is 3.15. The molecular formula is C6H4N3NaO2S. The SMILES string of the molecule is O=S([O-])c1c[nH]c2ncncc12.[Na+]. The van der Waals surface area contributed by atoms with Crippen LogP contribution >= 0.6 is 0 Å². The van der Waals surface area contributed by atoms with Gasteiger partial charge in [0.15, 0.2) is 0 Å². The van der Waals surface area contributed by atoms with Crippen molar-refractivity contribution in [2.24, 2.45) is 0 Å². The van der Waals surface area contributed by atoms with Gasteiger partial charge < -0.3 is 9.54 Å². The number of rotatable bonds is 1. The van der Waals surface area contributed by atoms with E-state index in [1.807, 2.05) is 0 Å². The molecule has 1 N–H and O–H groups in total. The van der Waals surface area contributed by atoms with E-state index < -0.39 is 11.1 Å². The monoisotopic (exact) mass is 205 g/mol. The van der Waals surface area contributed by atoms with Crippen LogP contribution < -0.4 is 29.6 Å². The Morgan fingerprint density at radius 3 is 3.00 bits per heavy atom. The Kier molecular flexibility index (Phi) is 3.57. The van der Waals surface area contributed by atoms with E-state index >= 15 is 0 Å². The first kappa shape index (κ1) is 10.8. The predicted octanol–water partition coefficient (Wildman–Crippen LogP) is -2.80. The van der Waals surface area contributed by atoms with Crippen LogP contribution in [0.5, 0.6) is 0 Å². The number of H-pyrrole nitrogens is 1. The summed E-state index contributed by atoms with van der Waals surface area (Å²) in [6, 6.07) is 0. The number of nitrogens with zero attached hydrogens (tertiary/aromatic N) is 2. The minimum Gasteiger partial charge on any atom is -0.768 e. The number of hydrogen-bond donors (Lipinski definition) is 1. The molecule has 13 heavy (non-hydrogen) atoms. The summed E-state index contributed by atoms with van der Waals surface area (Å²) in [4.78, 5) is 10.5. The average Bonchev–Trinajstić information content (AvgIpc) is 2.47. The van der Waals surface area contributed by atoms with Gasteiger partial charge >= 0.3 is 29.6 Å². The Morgan fingerprint density at radius 2 is 2.31 bits per heavy atom. The third kappa shape index (κ3) is 1.97. The first-order chi connectivity index (χ1) is 5.79. The van der Waals surface area contributed by atoms with E-state index in [1.165, 1.54) is 18.7 Å². The van der Waals surface area contributed by atoms with Crippen molar-refractivity contribution in [2.45, 2.75) is 4.90 Å². The number of hydrogen-bond acceptors (Lipinski definition) is 4. The van der Waals surface area contributed by atoms with Crippen molar-refractivity contribution in [1.82, 2.24) is 15.0 Å². The molecule has 2 rings (SSSR count). The molecule has 0 aliphatic rings. The maximum atomic E-state index is 10.6. The van der Waals surface area contributed by atoms with Crippen LogP contribution in [0.1, 0.15) is 0 Å². The minimum absolute atomic E-state index is 0. The van der Waals surface area contributed by atoms with Gasteiger partial charge in [-0.1, -0.05) is 0 Å². The van der Waals surface area contributed by atoms with Gasteiger partial charge in [0.2, 0.25) is 0 Å². The molecule has 0 spiro atoms. The Balaban J connectivity index is 0.000000845. The fourth-order valence-corrected chi connectivity index (χ4v) is 1.46. The van der Waals surface area contributed by atoms with Crippen LogP contribution in [-0.4, -0.2) is 23.7 Å². The van der Waals surface area contributed by atoms with Gasteiger partial charge in [-0.3, -0.25) is 4.21 Å². The molecule has 2 heterocycles. The van der Waals surface area contributed by atoms with Crippen molar-refractivity contribution in [3.05, 3.63) is 18.7 Å². The molecule has 2 aromatic rings. The third-order valence-corrected chi connectivity index (χ3v) is 2.19. The second-order valence-electron chi connectivity index (χ2n) is 2.17. The Hall–Kier alpha value is -0.270. The zero-order chi connectivity index (χ0) is 8.55. The van der Waals surface area contributed by atoms with E-state index in [2.05, 4.69) is 15.0 Å². The maximum Gasteiger partial charge on any atom is 1.00 e.